The van der Waals surface area contributed by atoms with E-state index in [0.29, 0.717) is 17.6 Å². The molecule has 0 spiro atoms. The zero-order valence-corrected chi connectivity index (χ0v) is 13.4. The molecule has 106 valence electrons. The number of sulfonamides is 1. The summed E-state index contributed by atoms with van der Waals surface area (Å²) in [6.07, 6.45) is 3.32. The molecule has 4 nitrogen and oxygen atoms in total. The molecule has 1 heterocycles. The third-order valence-corrected chi connectivity index (χ3v) is 5.85. The van der Waals surface area contributed by atoms with Gasteiger partial charge in [-0.3, -0.25) is 4.98 Å². The molecule has 2 aromatic rings. The summed E-state index contributed by atoms with van der Waals surface area (Å²) in [4.78, 5) is 4.23. The van der Waals surface area contributed by atoms with Crippen molar-refractivity contribution in [3.63, 3.8) is 0 Å². The molecule has 0 saturated heterocycles. The Bertz CT molecular complexity index is 675. The maximum atomic E-state index is 12.7. The Kier molecular flexibility index (Phi) is 4.91. The van der Waals surface area contributed by atoms with Gasteiger partial charge in [-0.2, -0.15) is 4.31 Å². The van der Waals surface area contributed by atoms with E-state index in [-0.39, 0.29) is 4.90 Å². The lowest BCUT2D eigenvalue weighted by molar-refractivity contribution is 0.423. The summed E-state index contributed by atoms with van der Waals surface area (Å²) in [5.74, 6) is 0. The summed E-state index contributed by atoms with van der Waals surface area (Å²) in [5.41, 5.74) is 0.914. The molecule has 1 aromatic carbocycles. The van der Waals surface area contributed by atoms with Gasteiger partial charge in [-0.25, -0.2) is 8.42 Å². The summed E-state index contributed by atoms with van der Waals surface area (Å²) < 4.78 is 27.4. The highest BCUT2D eigenvalue weighted by molar-refractivity contribution is 9.10. The van der Waals surface area contributed by atoms with Crippen LogP contribution in [-0.2, 0) is 16.6 Å². The lowest BCUT2D eigenvalue weighted by Gasteiger charge is -2.21. The van der Waals surface area contributed by atoms with E-state index < -0.39 is 10.0 Å². The van der Waals surface area contributed by atoms with Crippen LogP contribution >= 0.6 is 15.9 Å². The molecule has 0 fully saturated rings. The number of aromatic nitrogens is 1. The second kappa shape index (κ2) is 6.47. The molecule has 0 aliphatic rings. The molecule has 0 aliphatic heterocycles. The van der Waals surface area contributed by atoms with Gasteiger partial charge in [0.25, 0.3) is 0 Å². The number of benzene rings is 1. The Morgan fingerprint density at radius 2 is 1.80 bits per heavy atom. The summed E-state index contributed by atoms with van der Waals surface area (Å²) in [6.45, 7) is 2.57. The van der Waals surface area contributed by atoms with Crippen LogP contribution in [0.15, 0.2) is 58.2 Å². The van der Waals surface area contributed by atoms with Gasteiger partial charge in [-0.15, -0.1) is 0 Å². The van der Waals surface area contributed by atoms with Crippen LogP contribution in [0.5, 0.6) is 0 Å². The lowest BCUT2D eigenvalue weighted by atomic mass is 10.3. The van der Waals surface area contributed by atoms with E-state index >= 15 is 0 Å². The van der Waals surface area contributed by atoms with E-state index in [2.05, 4.69) is 20.9 Å². The van der Waals surface area contributed by atoms with Crippen LogP contribution in [0.3, 0.4) is 0 Å². The maximum absolute atomic E-state index is 12.7. The van der Waals surface area contributed by atoms with Crippen molar-refractivity contribution in [3.05, 3.63) is 58.8 Å². The molecule has 0 radical (unpaired) electrons. The fourth-order valence-electron chi connectivity index (χ4n) is 1.85. The minimum absolute atomic E-state index is 0.288. The maximum Gasteiger partial charge on any atom is 0.244 e. The largest absolute Gasteiger partial charge is 0.265 e. The summed E-state index contributed by atoms with van der Waals surface area (Å²) in [7, 11) is -3.51. The molecule has 0 amide bonds. The summed E-state index contributed by atoms with van der Waals surface area (Å²) >= 11 is 3.30. The highest BCUT2D eigenvalue weighted by Crippen LogP contribution is 2.25. The minimum atomic E-state index is -3.51. The van der Waals surface area contributed by atoms with Crippen molar-refractivity contribution in [2.24, 2.45) is 0 Å². The van der Waals surface area contributed by atoms with E-state index in [1.165, 1.54) is 4.31 Å². The molecule has 6 heteroatoms. The van der Waals surface area contributed by atoms with Gasteiger partial charge in [0.1, 0.15) is 0 Å². The average Bonchev–Trinajstić information content (AvgIpc) is 2.46. The van der Waals surface area contributed by atoms with Crippen molar-refractivity contribution in [3.8, 4) is 0 Å². The predicted molar refractivity (Wildman–Crippen MR) is 81.6 cm³/mol. The van der Waals surface area contributed by atoms with Crippen LogP contribution < -0.4 is 0 Å². The highest BCUT2D eigenvalue weighted by Gasteiger charge is 2.25. The van der Waals surface area contributed by atoms with Gasteiger partial charge in [0.05, 0.1) is 4.90 Å². The van der Waals surface area contributed by atoms with Crippen molar-refractivity contribution < 1.29 is 8.42 Å². The summed E-state index contributed by atoms with van der Waals surface area (Å²) in [6, 6.07) is 10.5. The quantitative estimate of drug-likeness (QED) is 0.828. The molecule has 0 saturated carbocycles. The normalized spacial score (nSPS) is 11.8. The first kappa shape index (κ1) is 15.2. The Balaban J connectivity index is 2.34. The Labute approximate surface area is 127 Å². The zero-order valence-electron chi connectivity index (χ0n) is 11.0. The topological polar surface area (TPSA) is 50.3 Å². The summed E-state index contributed by atoms with van der Waals surface area (Å²) in [5, 5.41) is 0. The molecule has 20 heavy (non-hydrogen) atoms. The van der Waals surface area contributed by atoms with Crippen molar-refractivity contribution in [2.75, 3.05) is 6.54 Å². The molecule has 1 aromatic heterocycles. The number of pyridine rings is 1. The van der Waals surface area contributed by atoms with Crippen molar-refractivity contribution in [1.82, 2.24) is 9.29 Å². The Morgan fingerprint density at radius 1 is 1.15 bits per heavy atom. The van der Waals surface area contributed by atoms with Crippen LogP contribution in [-0.4, -0.2) is 24.3 Å². The van der Waals surface area contributed by atoms with E-state index in [9.17, 15) is 8.42 Å². The van der Waals surface area contributed by atoms with Gasteiger partial charge < -0.3 is 0 Å². The van der Waals surface area contributed by atoms with Gasteiger partial charge in [-0.05, 0) is 45.8 Å². The van der Waals surface area contributed by atoms with E-state index in [1.807, 2.05) is 19.1 Å². The molecular formula is C14H15BrN2O2S. The molecular weight excluding hydrogens is 340 g/mol. The molecule has 0 bridgehead atoms. The van der Waals surface area contributed by atoms with Crippen LogP contribution in [0.25, 0.3) is 0 Å². The smallest absolute Gasteiger partial charge is 0.244 e. The molecule has 0 unspecified atom stereocenters. The number of rotatable bonds is 5. The first-order valence-electron chi connectivity index (χ1n) is 6.19. The van der Waals surface area contributed by atoms with E-state index in [4.69, 9.17) is 0 Å². The first-order chi connectivity index (χ1) is 9.55. The van der Waals surface area contributed by atoms with E-state index in [1.54, 1.807) is 36.7 Å². The molecule has 2 rings (SSSR count). The zero-order chi connectivity index (χ0) is 14.6. The average molecular weight is 355 g/mol. The number of hydrogen-bond acceptors (Lipinski definition) is 3. The van der Waals surface area contributed by atoms with Gasteiger partial charge in [-0.1, -0.05) is 19.1 Å². The molecule has 0 aliphatic carbocycles. The minimum Gasteiger partial charge on any atom is -0.265 e. The highest BCUT2D eigenvalue weighted by atomic mass is 79.9. The first-order valence-corrected chi connectivity index (χ1v) is 8.42. The van der Waals surface area contributed by atoms with Gasteiger partial charge >= 0.3 is 0 Å². The van der Waals surface area contributed by atoms with Gasteiger partial charge in [0, 0.05) is 30.0 Å². The van der Waals surface area contributed by atoms with Crippen LogP contribution in [0.1, 0.15) is 12.5 Å². The third kappa shape index (κ3) is 3.26. The SMILES string of the molecule is CCN(Cc1ccncc1)S(=O)(=O)c1ccccc1Br. The Morgan fingerprint density at radius 3 is 2.40 bits per heavy atom. The number of hydrogen-bond donors (Lipinski definition) is 0. The van der Waals surface area contributed by atoms with Crippen LogP contribution in [0, 0.1) is 0 Å². The van der Waals surface area contributed by atoms with Crippen LogP contribution in [0.4, 0.5) is 0 Å². The van der Waals surface area contributed by atoms with Crippen LogP contribution in [0.2, 0.25) is 0 Å². The monoisotopic (exact) mass is 354 g/mol. The standard InChI is InChI=1S/C14H15BrN2O2S/c1-2-17(11-12-7-9-16-10-8-12)20(18,19)14-6-4-3-5-13(14)15/h3-10H,2,11H2,1H3. The van der Waals surface area contributed by atoms with Crippen molar-refractivity contribution >= 4 is 26.0 Å². The van der Waals surface area contributed by atoms with Crippen molar-refractivity contribution in [2.45, 2.75) is 18.4 Å². The lowest BCUT2D eigenvalue weighted by Crippen LogP contribution is -2.30. The van der Waals surface area contributed by atoms with E-state index in [0.717, 1.165) is 5.56 Å². The van der Waals surface area contributed by atoms with Gasteiger partial charge in [0.2, 0.25) is 10.0 Å². The van der Waals surface area contributed by atoms with Crippen molar-refractivity contribution in [1.29, 1.82) is 0 Å². The number of nitrogens with zero attached hydrogens (tertiary/aromatic N) is 2. The second-order valence-corrected chi connectivity index (χ2v) is 6.98. The predicted octanol–water partition coefficient (Wildman–Crippen LogP) is 3.05. The molecule has 0 N–H and O–H groups in total. The third-order valence-electron chi connectivity index (χ3n) is 2.92. The number of halogens is 1. The fourth-order valence-corrected chi connectivity index (χ4v) is 4.25. The second-order valence-electron chi connectivity index (χ2n) is 4.22. The fraction of sp³-hybridized carbons (Fsp3) is 0.214. The Hall–Kier alpha value is -1.24. The molecule has 0 atom stereocenters. The van der Waals surface area contributed by atoms with Gasteiger partial charge in [0.15, 0.2) is 0 Å².